The number of nitrogens with one attached hydrogen (secondary N) is 1. The average molecular weight is 279 g/mol. The van der Waals surface area contributed by atoms with Gasteiger partial charge in [-0.1, -0.05) is 0 Å². The summed E-state index contributed by atoms with van der Waals surface area (Å²) in [5.74, 6) is 0.876. The minimum Gasteiger partial charge on any atom is -0.401 e. The van der Waals surface area contributed by atoms with E-state index in [2.05, 4.69) is 36.5 Å². The Hall–Kier alpha value is -0.804. The van der Waals surface area contributed by atoms with E-state index in [1.54, 1.807) is 6.20 Å². The van der Waals surface area contributed by atoms with Crippen molar-refractivity contribution in [1.29, 1.82) is 0 Å². The molecule has 0 saturated carbocycles. The van der Waals surface area contributed by atoms with Gasteiger partial charge in [0.25, 0.3) is 0 Å². The average Bonchev–Trinajstić information content (AvgIpc) is 3.05. The molecule has 90 valence electrons. The van der Waals surface area contributed by atoms with E-state index in [-0.39, 0.29) is 51.4 Å². The number of anilines is 1. The third kappa shape index (κ3) is 2.23. The monoisotopic (exact) mass is 279 g/mol. The second-order valence-electron chi connectivity index (χ2n) is 4.25. The first kappa shape index (κ1) is 13.2. The maximum absolute atomic E-state index is 4.27. The van der Waals surface area contributed by atoms with Crippen molar-refractivity contribution in [2.75, 3.05) is 11.4 Å². The summed E-state index contributed by atoms with van der Waals surface area (Å²) in [6.07, 6.45) is 6.26. The molecule has 3 aromatic rings. The van der Waals surface area contributed by atoms with Crippen molar-refractivity contribution in [3.05, 3.63) is 30.5 Å². The molecule has 0 unspecified atom stereocenters. The molecule has 0 amide bonds. The third-order valence-corrected chi connectivity index (χ3v) is 3.22. The van der Waals surface area contributed by atoms with Crippen LogP contribution in [0.3, 0.4) is 0 Å². The maximum Gasteiger partial charge on any atom is 1.00 e. The topological polar surface area (TPSA) is 75.5 Å². The van der Waals surface area contributed by atoms with Crippen LogP contribution < -0.4 is 56.3 Å². The quantitative estimate of drug-likeness (QED) is 0.390. The zero-order valence-corrected chi connectivity index (χ0v) is 13.7. The van der Waals surface area contributed by atoms with Crippen LogP contribution in [-0.2, 0) is 13.1 Å². The Morgan fingerprint density at radius 2 is 2.21 bits per heavy atom. The van der Waals surface area contributed by atoms with Crippen LogP contribution in [0.4, 0.5) is 5.82 Å². The second kappa shape index (κ2) is 5.29. The number of aromatic amines is 1. The van der Waals surface area contributed by atoms with Gasteiger partial charge in [-0.2, -0.15) is 10.2 Å². The molecule has 4 heterocycles. The van der Waals surface area contributed by atoms with Crippen LogP contribution in [0.5, 0.6) is 0 Å². The van der Waals surface area contributed by atoms with Crippen molar-refractivity contribution in [2.24, 2.45) is 0 Å². The largest absolute Gasteiger partial charge is 1.00 e. The van der Waals surface area contributed by atoms with Crippen molar-refractivity contribution in [3.63, 3.8) is 0 Å². The molecule has 19 heavy (non-hydrogen) atoms. The molecule has 7 nitrogen and oxygen atoms in total. The molecular weight excluding hydrogens is 269 g/mol. The summed E-state index contributed by atoms with van der Waals surface area (Å²) < 4.78 is 2.02. The summed E-state index contributed by atoms with van der Waals surface area (Å²) in [7, 11) is 0. The Morgan fingerprint density at radius 3 is 3.16 bits per heavy atom. The van der Waals surface area contributed by atoms with Gasteiger partial charge in [0.1, 0.15) is 0 Å². The van der Waals surface area contributed by atoms with Crippen LogP contribution in [0.15, 0.2) is 18.5 Å². The molecular formula is C11H10KN7. The summed E-state index contributed by atoms with van der Waals surface area (Å²) in [5, 5.41) is 12.0. The SMILES string of the molecule is [K+].[c-]1nc(N2CCn3nccc3C2)c2cn[nH]c2n1. The number of H-pyrrole nitrogens is 1. The molecule has 8 heteroatoms. The number of hydrogen-bond donors (Lipinski definition) is 1. The van der Waals surface area contributed by atoms with Gasteiger partial charge < -0.3 is 20.0 Å². The molecule has 4 rings (SSSR count). The Balaban J connectivity index is 0.00000110. The molecule has 1 aliphatic rings. The minimum atomic E-state index is 0. The van der Waals surface area contributed by atoms with Gasteiger partial charge in [0.15, 0.2) is 0 Å². The van der Waals surface area contributed by atoms with Crippen molar-refractivity contribution in [3.8, 4) is 0 Å². The van der Waals surface area contributed by atoms with E-state index in [0.717, 1.165) is 36.5 Å². The van der Waals surface area contributed by atoms with E-state index in [0.29, 0.717) is 0 Å². The van der Waals surface area contributed by atoms with Gasteiger partial charge in [0, 0.05) is 43.3 Å². The normalized spacial score (nSPS) is 14.2. The van der Waals surface area contributed by atoms with Gasteiger partial charge in [0.2, 0.25) is 0 Å². The predicted octanol–water partition coefficient (Wildman–Crippen LogP) is -2.63. The van der Waals surface area contributed by atoms with Crippen LogP contribution in [0.2, 0.25) is 0 Å². The molecule has 0 fully saturated rings. The van der Waals surface area contributed by atoms with E-state index in [1.165, 1.54) is 5.69 Å². The van der Waals surface area contributed by atoms with Gasteiger partial charge in [-0.25, -0.2) is 0 Å². The smallest absolute Gasteiger partial charge is 0.401 e. The molecule has 0 atom stereocenters. The van der Waals surface area contributed by atoms with Crippen LogP contribution in [0, 0.1) is 6.33 Å². The molecule has 0 aromatic carbocycles. The van der Waals surface area contributed by atoms with Crippen molar-refractivity contribution in [1.82, 2.24) is 29.9 Å². The van der Waals surface area contributed by atoms with Crippen molar-refractivity contribution >= 4 is 16.9 Å². The second-order valence-corrected chi connectivity index (χ2v) is 4.25. The molecule has 0 spiro atoms. The maximum atomic E-state index is 4.27. The number of rotatable bonds is 1. The fourth-order valence-corrected chi connectivity index (χ4v) is 2.32. The van der Waals surface area contributed by atoms with E-state index in [1.807, 2.05) is 16.9 Å². The number of nitrogens with zero attached hydrogens (tertiary/aromatic N) is 6. The summed E-state index contributed by atoms with van der Waals surface area (Å²) in [5.41, 5.74) is 1.91. The zero-order valence-electron chi connectivity index (χ0n) is 10.5. The molecule has 1 N–H and O–H groups in total. The fourth-order valence-electron chi connectivity index (χ4n) is 2.32. The standard InChI is InChI=1S/C11H10N7.K/c1-2-15-18-4-3-17(6-8(1)18)11-9-5-14-16-10(9)12-7-13-11;/h1-2,5H,3-4,6H2,(H,12,13,14,16);/q-1;+1. The van der Waals surface area contributed by atoms with Gasteiger partial charge in [-0.15, -0.1) is 0 Å². The van der Waals surface area contributed by atoms with Crippen LogP contribution in [-0.4, -0.2) is 36.5 Å². The van der Waals surface area contributed by atoms with Crippen LogP contribution >= 0.6 is 0 Å². The summed E-state index contributed by atoms with van der Waals surface area (Å²) >= 11 is 0. The Labute approximate surface area is 151 Å². The van der Waals surface area contributed by atoms with E-state index in [4.69, 9.17) is 0 Å². The van der Waals surface area contributed by atoms with Crippen molar-refractivity contribution < 1.29 is 51.4 Å². The molecule has 0 radical (unpaired) electrons. The Bertz CT molecular complexity index is 704. The Morgan fingerprint density at radius 1 is 1.26 bits per heavy atom. The van der Waals surface area contributed by atoms with E-state index < -0.39 is 0 Å². The number of fused-ring (bicyclic) bond motifs is 2. The first-order chi connectivity index (χ1) is 8.92. The third-order valence-electron chi connectivity index (χ3n) is 3.22. The molecule has 3 aromatic heterocycles. The van der Waals surface area contributed by atoms with Gasteiger partial charge >= 0.3 is 51.4 Å². The van der Waals surface area contributed by atoms with Crippen molar-refractivity contribution in [2.45, 2.75) is 13.1 Å². The Kier molecular flexibility index (Phi) is 3.67. The first-order valence-corrected chi connectivity index (χ1v) is 5.74. The van der Waals surface area contributed by atoms with Gasteiger partial charge in [-0.3, -0.25) is 4.68 Å². The van der Waals surface area contributed by atoms with Gasteiger partial charge in [-0.05, 0) is 11.5 Å². The minimum absolute atomic E-state index is 0. The summed E-state index contributed by atoms with van der Waals surface area (Å²) in [6, 6.07) is 2.03. The van der Waals surface area contributed by atoms with E-state index in [9.17, 15) is 0 Å². The predicted molar refractivity (Wildman–Crippen MR) is 63.8 cm³/mol. The fraction of sp³-hybridized carbons (Fsp3) is 0.273. The number of hydrogen-bond acceptors (Lipinski definition) is 5. The van der Waals surface area contributed by atoms with Crippen LogP contribution in [0.1, 0.15) is 5.69 Å². The van der Waals surface area contributed by atoms with Gasteiger partial charge in [0.05, 0.1) is 12.2 Å². The molecule has 1 aliphatic heterocycles. The molecule has 0 saturated heterocycles. The van der Waals surface area contributed by atoms with E-state index >= 15 is 0 Å². The number of aromatic nitrogens is 6. The zero-order chi connectivity index (χ0) is 11.9. The first-order valence-electron chi connectivity index (χ1n) is 5.74. The summed E-state index contributed by atoms with van der Waals surface area (Å²) in [4.78, 5) is 10.5. The summed E-state index contributed by atoms with van der Waals surface area (Å²) in [6.45, 7) is 2.54. The molecule has 0 aliphatic carbocycles. The molecule has 0 bridgehead atoms. The van der Waals surface area contributed by atoms with Crippen LogP contribution in [0.25, 0.3) is 11.0 Å².